The highest BCUT2D eigenvalue weighted by molar-refractivity contribution is 5.92. The molecule has 0 amide bonds. The van der Waals surface area contributed by atoms with E-state index in [1.165, 1.54) is 7.11 Å². The number of carbonyl (C=O) groups is 1. The number of rotatable bonds is 9. The maximum absolute atomic E-state index is 12.6. The first kappa shape index (κ1) is 20.6. The average Bonchev–Trinajstić information content (AvgIpc) is 2.77. The third-order valence-electron chi connectivity index (χ3n) is 4.23. The van der Waals surface area contributed by atoms with Crippen molar-refractivity contribution in [1.82, 2.24) is 15.0 Å². The summed E-state index contributed by atoms with van der Waals surface area (Å²) in [7, 11) is 2.95. The van der Waals surface area contributed by atoms with Crippen LogP contribution in [0.1, 0.15) is 27.3 Å². The highest BCUT2D eigenvalue weighted by Gasteiger charge is 2.23. The highest BCUT2D eigenvalue weighted by Crippen LogP contribution is 2.22. The van der Waals surface area contributed by atoms with E-state index in [0.29, 0.717) is 48.1 Å². The number of hydrogen-bond acceptors (Lipinski definition) is 7. The Morgan fingerprint density at radius 2 is 1.69 bits per heavy atom. The molecule has 3 aromatic rings. The summed E-state index contributed by atoms with van der Waals surface area (Å²) in [6.07, 6.45) is 2.14. The Morgan fingerprint density at radius 1 is 0.931 bits per heavy atom. The Labute approximate surface area is 169 Å². The van der Waals surface area contributed by atoms with Gasteiger partial charge in [0.2, 0.25) is 0 Å². The van der Waals surface area contributed by atoms with E-state index in [2.05, 4.69) is 15.0 Å². The normalized spacial score (nSPS) is 10.7. The van der Waals surface area contributed by atoms with Gasteiger partial charge in [-0.1, -0.05) is 36.4 Å². The van der Waals surface area contributed by atoms with Crippen LogP contribution in [0, 0.1) is 0 Å². The van der Waals surface area contributed by atoms with Crippen LogP contribution in [0.3, 0.4) is 0 Å². The van der Waals surface area contributed by atoms with E-state index in [-0.39, 0.29) is 6.61 Å². The Bertz CT molecular complexity index is 934. The van der Waals surface area contributed by atoms with E-state index in [9.17, 15) is 4.79 Å². The van der Waals surface area contributed by atoms with Crippen LogP contribution in [-0.2, 0) is 27.2 Å². The van der Waals surface area contributed by atoms with E-state index >= 15 is 0 Å². The number of benzene rings is 1. The zero-order valence-corrected chi connectivity index (χ0v) is 16.5. The van der Waals surface area contributed by atoms with Gasteiger partial charge in [-0.2, -0.15) is 0 Å². The molecular formula is C22H23N3O4. The van der Waals surface area contributed by atoms with E-state index in [0.717, 1.165) is 5.56 Å². The number of esters is 1. The van der Waals surface area contributed by atoms with Crippen LogP contribution in [0.15, 0.2) is 54.7 Å². The molecule has 2 heterocycles. The maximum Gasteiger partial charge on any atom is 0.341 e. The van der Waals surface area contributed by atoms with Crippen molar-refractivity contribution in [2.24, 2.45) is 0 Å². The number of pyridine rings is 1. The Kier molecular flexibility index (Phi) is 7.38. The van der Waals surface area contributed by atoms with Gasteiger partial charge < -0.3 is 14.2 Å². The predicted octanol–water partition coefficient (Wildman–Crippen LogP) is 3.08. The number of hydrogen-bond donors (Lipinski definition) is 0. The van der Waals surface area contributed by atoms with Gasteiger partial charge in [0.25, 0.3) is 0 Å². The molecule has 0 bridgehead atoms. The van der Waals surface area contributed by atoms with Crippen LogP contribution in [0.25, 0.3) is 11.5 Å². The van der Waals surface area contributed by atoms with Gasteiger partial charge in [0.05, 0.1) is 38.3 Å². The highest BCUT2D eigenvalue weighted by atomic mass is 16.5. The number of aromatic nitrogens is 3. The monoisotopic (exact) mass is 393 g/mol. The molecule has 0 atom stereocenters. The quantitative estimate of drug-likeness (QED) is 0.408. The van der Waals surface area contributed by atoms with Gasteiger partial charge in [-0.15, -0.1) is 0 Å². The SMILES string of the molecule is COCCOCc1nc(-c2ccccn2)nc(Cc2ccccc2)c1C(=O)OC. The van der Waals surface area contributed by atoms with Gasteiger partial charge in [0.15, 0.2) is 5.82 Å². The Balaban J connectivity index is 2.07. The molecule has 1 aromatic carbocycles. The fraction of sp³-hybridized carbons (Fsp3) is 0.273. The summed E-state index contributed by atoms with van der Waals surface area (Å²) < 4.78 is 15.7. The molecule has 2 aromatic heterocycles. The minimum absolute atomic E-state index is 0.137. The summed E-state index contributed by atoms with van der Waals surface area (Å²) in [5.74, 6) is -0.0524. The van der Waals surface area contributed by atoms with Crippen LogP contribution in [-0.4, -0.2) is 48.4 Å². The molecule has 0 aliphatic carbocycles. The molecule has 0 saturated carbocycles. The van der Waals surface area contributed by atoms with Crippen molar-refractivity contribution in [2.75, 3.05) is 27.4 Å². The predicted molar refractivity (Wildman–Crippen MR) is 107 cm³/mol. The topological polar surface area (TPSA) is 83.4 Å². The lowest BCUT2D eigenvalue weighted by molar-refractivity contribution is 0.0540. The number of carbonyl (C=O) groups excluding carboxylic acids is 1. The van der Waals surface area contributed by atoms with Crippen molar-refractivity contribution in [3.05, 3.63) is 77.2 Å². The van der Waals surface area contributed by atoms with Gasteiger partial charge in [-0.05, 0) is 17.7 Å². The largest absolute Gasteiger partial charge is 0.465 e. The molecule has 0 aliphatic heterocycles. The first-order chi connectivity index (χ1) is 14.2. The summed E-state index contributed by atoms with van der Waals surface area (Å²) in [4.78, 5) is 26.2. The van der Waals surface area contributed by atoms with Crippen LogP contribution in [0.2, 0.25) is 0 Å². The summed E-state index contributed by atoms with van der Waals surface area (Å²) in [5, 5.41) is 0. The molecule has 0 saturated heterocycles. The molecule has 0 aliphatic rings. The number of methoxy groups -OCH3 is 2. The molecule has 0 radical (unpaired) electrons. The standard InChI is InChI=1S/C22H23N3O4/c1-27-12-13-29-15-19-20(22(26)28-2)18(14-16-8-4-3-5-9-16)24-21(25-19)17-10-6-7-11-23-17/h3-11H,12-15H2,1-2H3. The van der Waals surface area contributed by atoms with Crippen molar-refractivity contribution < 1.29 is 19.0 Å². The molecule has 3 rings (SSSR count). The molecule has 0 N–H and O–H groups in total. The van der Waals surface area contributed by atoms with Crippen molar-refractivity contribution in [2.45, 2.75) is 13.0 Å². The molecule has 0 fully saturated rings. The fourth-order valence-corrected chi connectivity index (χ4v) is 2.84. The molecule has 7 nitrogen and oxygen atoms in total. The van der Waals surface area contributed by atoms with Crippen LogP contribution < -0.4 is 0 Å². The maximum atomic E-state index is 12.6. The second-order valence-corrected chi connectivity index (χ2v) is 6.23. The van der Waals surface area contributed by atoms with E-state index in [1.54, 1.807) is 13.3 Å². The smallest absolute Gasteiger partial charge is 0.341 e. The first-order valence-electron chi connectivity index (χ1n) is 9.23. The lowest BCUT2D eigenvalue weighted by atomic mass is 10.0. The third kappa shape index (κ3) is 5.43. The minimum atomic E-state index is -0.492. The van der Waals surface area contributed by atoms with Crippen LogP contribution >= 0.6 is 0 Å². The molecule has 150 valence electrons. The van der Waals surface area contributed by atoms with Crippen molar-refractivity contribution in [3.63, 3.8) is 0 Å². The molecule has 7 heteroatoms. The van der Waals surface area contributed by atoms with Crippen molar-refractivity contribution >= 4 is 5.97 Å². The van der Waals surface area contributed by atoms with Gasteiger partial charge in [0.1, 0.15) is 11.3 Å². The summed E-state index contributed by atoms with van der Waals surface area (Å²) >= 11 is 0. The Hall–Kier alpha value is -3.16. The molecule has 0 unspecified atom stereocenters. The lowest BCUT2D eigenvalue weighted by Crippen LogP contribution is -2.17. The van der Waals surface area contributed by atoms with E-state index in [4.69, 9.17) is 14.2 Å². The number of ether oxygens (including phenoxy) is 3. The van der Waals surface area contributed by atoms with Gasteiger partial charge in [-0.3, -0.25) is 4.98 Å². The second kappa shape index (κ2) is 10.4. The van der Waals surface area contributed by atoms with Crippen LogP contribution in [0.5, 0.6) is 0 Å². The zero-order valence-electron chi connectivity index (χ0n) is 16.5. The average molecular weight is 393 g/mol. The molecular weight excluding hydrogens is 370 g/mol. The summed E-state index contributed by atoms with van der Waals surface area (Å²) in [6.45, 7) is 0.967. The van der Waals surface area contributed by atoms with Gasteiger partial charge >= 0.3 is 5.97 Å². The molecule has 0 spiro atoms. The van der Waals surface area contributed by atoms with Gasteiger partial charge in [0, 0.05) is 19.7 Å². The van der Waals surface area contributed by atoms with E-state index < -0.39 is 5.97 Å². The minimum Gasteiger partial charge on any atom is -0.465 e. The summed E-state index contributed by atoms with van der Waals surface area (Å²) in [6, 6.07) is 15.3. The van der Waals surface area contributed by atoms with Crippen molar-refractivity contribution in [3.8, 4) is 11.5 Å². The van der Waals surface area contributed by atoms with Crippen LogP contribution in [0.4, 0.5) is 0 Å². The zero-order chi connectivity index (χ0) is 20.5. The first-order valence-corrected chi connectivity index (χ1v) is 9.23. The fourth-order valence-electron chi connectivity index (χ4n) is 2.84. The summed E-state index contributed by atoms with van der Waals surface area (Å²) in [5.41, 5.74) is 3.01. The van der Waals surface area contributed by atoms with Crippen molar-refractivity contribution in [1.29, 1.82) is 0 Å². The third-order valence-corrected chi connectivity index (χ3v) is 4.23. The van der Waals surface area contributed by atoms with E-state index in [1.807, 2.05) is 48.5 Å². The Morgan fingerprint density at radius 3 is 2.38 bits per heavy atom. The molecule has 29 heavy (non-hydrogen) atoms. The second-order valence-electron chi connectivity index (χ2n) is 6.23. The van der Waals surface area contributed by atoms with Gasteiger partial charge in [-0.25, -0.2) is 14.8 Å². The number of nitrogens with zero attached hydrogens (tertiary/aromatic N) is 3. The lowest BCUT2D eigenvalue weighted by Gasteiger charge is -2.14.